The van der Waals surface area contributed by atoms with Gasteiger partial charge in [0.05, 0.1) is 34.9 Å². The van der Waals surface area contributed by atoms with E-state index in [4.69, 9.17) is 4.74 Å². The van der Waals surface area contributed by atoms with E-state index >= 15 is 0 Å². The van der Waals surface area contributed by atoms with Crippen molar-refractivity contribution in [2.75, 3.05) is 7.11 Å². The molecule has 6 nitrogen and oxygen atoms in total. The fraction of sp³-hybridized carbons (Fsp3) is 0.118. The molecule has 3 aromatic heterocycles. The van der Waals surface area contributed by atoms with Crippen molar-refractivity contribution in [1.29, 1.82) is 0 Å². The van der Waals surface area contributed by atoms with Crippen LogP contribution in [0.25, 0.3) is 33.3 Å². The van der Waals surface area contributed by atoms with Gasteiger partial charge >= 0.3 is 5.97 Å². The summed E-state index contributed by atoms with van der Waals surface area (Å²) in [6.07, 6.45) is 1.60. The Kier molecular flexibility index (Phi) is 2.90. The van der Waals surface area contributed by atoms with Crippen LogP contribution < -0.4 is 0 Å². The topological polar surface area (TPSA) is 72.8 Å². The van der Waals surface area contributed by atoms with Crippen LogP contribution in [0.4, 0.5) is 0 Å². The fourth-order valence-electron chi connectivity index (χ4n) is 2.85. The average molecular weight is 306 g/mol. The molecule has 6 heteroatoms. The second kappa shape index (κ2) is 4.95. The van der Waals surface area contributed by atoms with E-state index in [0.29, 0.717) is 16.6 Å². The maximum Gasteiger partial charge on any atom is 0.340 e. The van der Waals surface area contributed by atoms with Crippen LogP contribution in [-0.2, 0) is 11.8 Å². The van der Waals surface area contributed by atoms with Gasteiger partial charge in [-0.3, -0.25) is 9.67 Å². The highest BCUT2D eigenvalue weighted by atomic mass is 16.5. The van der Waals surface area contributed by atoms with E-state index in [1.807, 2.05) is 42.1 Å². The zero-order chi connectivity index (χ0) is 16.0. The van der Waals surface area contributed by atoms with Crippen LogP contribution >= 0.6 is 0 Å². The third-order valence-electron chi connectivity index (χ3n) is 3.94. The number of pyridine rings is 1. The number of aryl methyl sites for hydroxylation is 1. The van der Waals surface area contributed by atoms with Crippen LogP contribution in [-0.4, -0.2) is 32.8 Å². The summed E-state index contributed by atoms with van der Waals surface area (Å²) < 4.78 is 6.67. The number of hydrogen-bond donors (Lipinski definition) is 1. The summed E-state index contributed by atoms with van der Waals surface area (Å²) in [7, 11) is 3.28. The Bertz CT molecular complexity index is 1050. The van der Waals surface area contributed by atoms with E-state index in [-0.39, 0.29) is 0 Å². The van der Waals surface area contributed by atoms with Gasteiger partial charge in [0.25, 0.3) is 0 Å². The predicted molar refractivity (Wildman–Crippen MR) is 87.1 cm³/mol. The highest BCUT2D eigenvalue weighted by Gasteiger charge is 2.17. The number of H-pyrrole nitrogens is 1. The molecule has 4 aromatic rings. The molecule has 0 saturated heterocycles. The molecule has 0 radical (unpaired) electrons. The Morgan fingerprint density at radius 3 is 2.91 bits per heavy atom. The van der Waals surface area contributed by atoms with Crippen LogP contribution in [0.5, 0.6) is 0 Å². The molecule has 0 aliphatic carbocycles. The molecule has 0 atom stereocenters. The number of nitrogens with zero attached hydrogens (tertiary/aromatic N) is 3. The maximum atomic E-state index is 11.9. The Balaban J connectivity index is 1.97. The number of aromatic amines is 1. The van der Waals surface area contributed by atoms with Crippen LogP contribution in [0.1, 0.15) is 10.4 Å². The monoisotopic (exact) mass is 306 g/mol. The zero-order valence-electron chi connectivity index (χ0n) is 12.7. The van der Waals surface area contributed by atoms with Crippen molar-refractivity contribution in [2.45, 2.75) is 0 Å². The van der Waals surface area contributed by atoms with E-state index in [1.54, 1.807) is 12.3 Å². The predicted octanol–water partition coefficient (Wildman–Crippen LogP) is 2.90. The van der Waals surface area contributed by atoms with Crippen LogP contribution in [0.2, 0.25) is 0 Å². The molecule has 1 aromatic carbocycles. The minimum atomic E-state index is -0.392. The van der Waals surface area contributed by atoms with Gasteiger partial charge in [0, 0.05) is 18.6 Å². The summed E-state index contributed by atoms with van der Waals surface area (Å²) >= 11 is 0. The van der Waals surface area contributed by atoms with Crippen molar-refractivity contribution in [2.24, 2.45) is 7.05 Å². The normalized spacial score (nSPS) is 11.2. The van der Waals surface area contributed by atoms with E-state index in [2.05, 4.69) is 15.1 Å². The fourth-order valence-corrected chi connectivity index (χ4v) is 2.85. The summed E-state index contributed by atoms with van der Waals surface area (Å²) in [4.78, 5) is 19.5. The SMILES string of the molecule is COC(=O)c1ccnc2cc(-c3nn(C)c4ccccc34)[nH]c12. The minimum absolute atomic E-state index is 0.392. The first kappa shape index (κ1) is 13.5. The van der Waals surface area contributed by atoms with Gasteiger partial charge in [0.15, 0.2) is 0 Å². The van der Waals surface area contributed by atoms with Gasteiger partial charge in [-0.25, -0.2) is 4.79 Å². The number of hydrogen-bond acceptors (Lipinski definition) is 4. The average Bonchev–Trinajstić information content (AvgIpc) is 3.15. The summed E-state index contributed by atoms with van der Waals surface area (Å²) in [5.41, 5.74) is 4.52. The largest absolute Gasteiger partial charge is 0.465 e. The number of carbonyl (C=O) groups excluding carboxylic acids is 1. The standard InChI is InChI=1S/C17H14N4O2/c1-21-14-6-4-3-5-10(14)16(20-21)13-9-12-15(19-13)11(7-8-18-12)17(22)23-2/h3-9,19H,1-2H3. The first-order valence-corrected chi connectivity index (χ1v) is 7.17. The number of ether oxygens (including phenoxy) is 1. The van der Waals surface area contributed by atoms with Gasteiger partial charge in [-0.1, -0.05) is 18.2 Å². The third-order valence-corrected chi connectivity index (χ3v) is 3.94. The number of aromatic nitrogens is 4. The molecule has 23 heavy (non-hydrogen) atoms. The van der Waals surface area contributed by atoms with Crippen molar-refractivity contribution in [1.82, 2.24) is 19.7 Å². The maximum absolute atomic E-state index is 11.9. The molecule has 0 spiro atoms. The molecule has 4 rings (SSSR count). The summed E-state index contributed by atoms with van der Waals surface area (Å²) in [6, 6.07) is 11.6. The number of fused-ring (bicyclic) bond motifs is 2. The number of benzene rings is 1. The molecule has 0 unspecified atom stereocenters. The molecule has 0 fully saturated rings. The van der Waals surface area contributed by atoms with Crippen LogP contribution in [0.3, 0.4) is 0 Å². The molecule has 0 bridgehead atoms. The minimum Gasteiger partial charge on any atom is -0.465 e. The van der Waals surface area contributed by atoms with E-state index in [0.717, 1.165) is 22.3 Å². The lowest BCUT2D eigenvalue weighted by molar-refractivity contribution is 0.0602. The van der Waals surface area contributed by atoms with E-state index in [1.165, 1.54) is 7.11 Å². The number of esters is 1. The smallest absolute Gasteiger partial charge is 0.340 e. The van der Waals surface area contributed by atoms with Crippen molar-refractivity contribution in [3.63, 3.8) is 0 Å². The lowest BCUT2D eigenvalue weighted by Crippen LogP contribution is -2.02. The van der Waals surface area contributed by atoms with Gasteiger partial charge in [-0.2, -0.15) is 5.10 Å². The van der Waals surface area contributed by atoms with Crippen molar-refractivity contribution in [3.8, 4) is 11.4 Å². The summed E-state index contributed by atoms with van der Waals surface area (Å²) in [6.45, 7) is 0. The van der Waals surface area contributed by atoms with Gasteiger partial charge in [-0.15, -0.1) is 0 Å². The van der Waals surface area contributed by atoms with Crippen molar-refractivity contribution < 1.29 is 9.53 Å². The highest BCUT2D eigenvalue weighted by Crippen LogP contribution is 2.29. The molecule has 0 aliphatic heterocycles. The number of nitrogens with one attached hydrogen (secondary N) is 1. The number of rotatable bonds is 2. The van der Waals surface area contributed by atoms with Crippen molar-refractivity contribution in [3.05, 3.63) is 48.2 Å². The number of para-hydroxylation sites is 1. The molecule has 0 amide bonds. The van der Waals surface area contributed by atoms with E-state index < -0.39 is 5.97 Å². The Morgan fingerprint density at radius 2 is 2.09 bits per heavy atom. The number of carbonyl (C=O) groups is 1. The quantitative estimate of drug-likeness (QED) is 0.578. The molecular weight excluding hydrogens is 292 g/mol. The Labute approximate surface area is 131 Å². The Hall–Kier alpha value is -3.15. The molecule has 0 saturated carbocycles. The highest BCUT2D eigenvalue weighted by molar-refractivity contribution is 6.04. The van der Waals surface area contributed by atoms with Crippen LogP contribution in [0, 0.1) is 0 Å². The number of methoxy groups -OCH3 is 1. The van der Waals surface area contributed by atoms with Gasteiger partial charge < -0.3 is 9.72 Å². The zero-order valence-corrected chi connectivity index (χ0v) is 12.7. The lowest BCUT2D eigenvalue weighted by atomic mass is 10.2. The lowest BCUT2D eigenvalue weighted by Gasteiger charge is -1.99. The molecule has 3 heterocycles. The molecule has 1 N–H and O–H groups in total. The van der Waals surface area contributed by atoms with Crippen LogP contribution in [0.15, 0.2) is 42.6 Å². The third kappa shape index (κ3) is 1.99. The Morgan fingerprint density at radius 1 is 1.26 bits per heavy atom. The first-order valence-electron chi connectivity index (χ1n) is 7.17. The summed E-state index contributed by atoms with van der Waals surface area (Å²) in [5, 5.41) is 5.63. The molecular formula is C17H14N4O2. The van der Waals surface area contributed by atoms with E-state index in [9.17, 15) is 4.79 Å². The second-order valence-electron chi connectivity index (χ2n) is 5.28. The summed E-state index contributed by atoms with van der Waals surface area (Å²) in [5.74, 6) is -0.392. The van der Waals surface area contributed by atoms with Gasteiger partial charge in [-0.05, 0) is 18.2 Å². The van der Waals surface area contributed by atoms with Crippen molar-refractivity contribution >= 4 is 27.9 Å². The van der Waals surface area contributed by atoms with Gasteiger partial charge in [0.1, 0.15) is 5.69 Å². The van der Waals surface area contributed by atoms with Gasteiger partial charge in [0.2, 0.25) is 0 Å². The first-order chi connectivity index (χ1) is 11.2. The molecule has 0 aliphatic rings. The molecule has 114 valence electrons. The second-order valence-corrected chi connectivity index (χ2v) is 5.28.